The second kappa shape index (κ2) is 10.8. The Bertz CT molecular complexity index is 1210. The molecule has 0 radical (unpaired) electrons. The molecule has 1 aliphatic heterocycles. The van der Waals surface area contributed by atoms with E-state index in [9.17, 15) is 9.59 Å². The monoisotopic (exact) mass is 502 g/mol. The zero-order chi connectivity index (χ0) is 24.1. The fraction of sp³-hybridized carbons (Fsp3) is 0.292. The Morgan fingerprint density at radius 1 is 1.09 bits per heavy atom. The molecular weight excluding hydrogens is 479 g/mol. The fourth-order valence-corrected chi connectivity index (χ4v) is 3.94. The highest BCUT2D eigenvalue weighted by Crippen LogP contribution is 2.18. The third-order valence-electron chi connectivity index (χ3n) is 5.51. The molecular formula is C24H24Cl2N4O4. The van der Waals surface area contributed by atoms with Crippen LogP contribution in [0.15, 0.2) is 53.3 Å². The summed E-state index contributed by atoms with van der Waals surface area (Å²) in [6, 6.07) is 14.4. The van der Waals surface area contributed by atoms with Crippen LogP contribution in [0.25, 0.3) is 0 Å². The number of halogens is 2. The Morgan fingerprint density at radius 2 is 1.76 bits per heavy atom. The molecule has 0 saturated heterocycles. The molecule has 0 bridgehead atoms. The first-order valence-corrected chi connectivity index (χ1v) is 11.5. The maximum absolute atomic E-state index is 13.1. The second-order valence-electron chi connectivity index (χ2n) is 7.75. The maximum atomic E-state index is 13.1. The van der Waals surface area contributed by atoms with E-state index in [0.29, 0.717) is 52.5 Å². The van der Waals surface area contributed by atoms with Crippen LogP contribution in [0.4, 0.5) is 5.95 Å². The van der Waals surface area contributed by atoms with E-state index in [0.717, 1.165) is 16.7 Å². The lowest BCUT2D eigenvalue weighted by Crippen LogP contribution is -2.44. The molecule has 34 heavy (non-hydrogen) atoms. The number of benzene rings is 2. The van der Waals surface area contributed by atoms with Gasteiger partial charge in [0.2, 0.25) is 5.95 Å². The molecule has 8 nitrogen and oxygen atoms in total. The van der Waals surface area contributed by atoms with Gasteiger partial charge in [-0.3, -0.25) is 9.59 Å². The van der Waals surface area contributed by atoms with Crippen molar-refractivity contribution in [1.29, 1.82) is 0 Å². The van der Waals surface area contributed by atoms with Crippen molar-refractivity contribution < 1.29 is 14.4 Å². The SMILES string of the molecule is COn1c(NCCc2ccc(Cl)cc2)nc2c(c1=O)CN(C(=O)COc1ccc(Cl)cc1)CC2. The third kappa shape index (κ3) is 5.63. The first-order valence-electron chi connectivity index (χ1n) is 10.8. The zero-order valence-electron chi connectivity index (χ0n) is 18.6. The highest BCUT2D eigenvalue weighted by molar-refractivity contribution is 6.30. The minimum absolute atomic E-state index is 0.132. The van der Waals surface area contributed by atoms with Crippen molar-refractivity contribution >= 4 is 35.1 Å². The van der Waals surface area contributed by atoms with Crippen molar-refractivity contribution in [3.63, 3.8) is 0 Å². The predicted molar refractivity (Wildman–Crippen MR) is 131 cm³/mol. The quantitative estimate of drug-likeness (QED) is 0.508. The van der Waals surface area contributed by atoms with E-state index in [4.69, 9.17) is 32.8 Å². The third-order valence-corrected chi connectivity index (χ3v) is 6.02. The van der Waals surface area contributed by atoms with Crippen molar-refractivity contribution in [2.24, 2.45) is 0 Å². The van der Waals surface area contributed by atoms with Crippen LogP contribution in [0, 0.1) is 0 Å². The fourth-order valence-electron chi connectivity index (χ4n) is 3.69. The van der Waals surface area contributed by atoms with Crippen LogP contribution in [0.5, 0.6) is 5.75 Å². The number of fused-ring (bicyclic) bond motifs is 1. The van der Waals surface area contributed by atoms with Crippen molar-refractivity contribution in [3.05, 3.63) is 85.8 Å². The van der Waals surface area contributed by atoms with Crippen LogP contribution in [-0.4, -0.2) is 47.3 Å². The number of hydrogen-bond donors (Lipinski definition) is 1. The molecule has 178 valence electrons. The molecule has 0 fully saturated rings. The van der Waals surface area contributed by atoms with E-state index in [-0.39, 0.29) is 24.6 Å². The number of ether oxygens (including phenoxy) is 1. The van der Waals surface area contributed by atoms with Gasteiger partial charge in [0.05, 0.1) is 17.8 Å². The highest BCUT2D eigenvalue weighted by atomic mass is 35.5. The molecule has 10 heteroatoms. The molecule has 1 N–H and O–H groups in total. The van der Waals surface area contributed by atoms with Crippen LogP contribution >= 0.6 is 23.2 Å². The van der Waals surface area contributed by atoms with Crippen molar-refractivity contribution in [2.75, 3.05) is 32.1 Å². The number of anilines is 1. The molecule has 1 amide bonds. The average Bonchev–Trinajstić information content (AvgIpc) is 2.85. The Morgan fingerprint density at radius 3 is 2.44 bits per heavy atom. The number of nitrogens with zero attached hydrogens (tertiary/aromatic N) is 3. The lowest BCUT2D eigenvalue weighted by atomic mass is 10.1. The van der Waals surface area contributed by atoms with Crippen molar-refractivity contribution in [2.45, 2.75) is 19.4 Å². The van der Waals surface area contributed by atoms with Gasteiger partial charge in [0, 0.05) is 29.6 Å². The Balaban J connectivity index is 1.41. The summed E-state index contributed by atoms with van der Waals surface area (Å²) in [7, 11) is 1.41. The molecule has 2 aromatic carbocycles. The summed E-state index contributed by atoms with van der Waals surface area (Å²) >= 11 is 11.8. The van der Waals surface area contributed by atoms with E-state index >= 15 is 0 Å². The van der Waals surface area contributed by atoms with Gasteiger partial charge in [0.15, 0.2) is 6.61 Å². The van der Waals surface area contributed by atoms with Crippen LogP contribution in [-0.2, 0) is 24.2 Å². The van der Waals surface area contributed by atoms with Crippen LogP contribution in [0.3, 0.4) is 0 Å². The molecule has 3 aromatic rings. The number of carbonyl (C=O) groups is 1. The van der Waals surface area contributed by atoms with Gasteiger partial charge < -0.3 is 19.8 Å². The summed E-state index contributed by atoms with van der Waals surface area (Å²) in [5.74, 6) is 0.674. The van der Waals surface area contributed by atoms with Gasteiger partial charge in [-0.25, -0.2) is 4.98 Å². The molecule has 1 aliphatic rings. The summed E-state index contributed by atoms with van der Waals surface area (Å²) in [5.41, 5.74) is 1.87. The summed E-state index contributed by atoms with van der Waals surface area (Å²) < 4.78 is 6.68. The van der Waals surface area contributed by atoms with Gasteiger partial charge in [0.1, 0.15) is 12.9 Å². The van der Waals surface area contributed by atoms with Gasteiger partial charge in [-0.15, -0.1) is 4.73 Å². The smallest absolute Gasteiger partial charge is 0.293 e. The van der Waals surface area contributed by atoms with Gasteiger partial charge in [-0.1, -0.05) is 35.3 Å². The normalized spacial score (nSPS) is 12.7. The maximum Gasteiger partial charge on any atom is 0.293 e. The van der Waals surface area contributed by atoms with E-state index in [1.807, 2.05) is 24.3 Å². The number of aromatic nitrogens is 2. The van der Waals surface area contributed by atoms with Gasteiger partial charge in [-0.2, -0.15) is 0 Å². The molecule has 1 aromatic heterocycles. The summed E-state index contributed by atoms with van der Waals surface area (Å²) in [6.45, 7) is 1.03. The molecule has 0 saturated carbocycles. The number of nitrogens with one attached hydrogen (secondary N) is 1. The van der Waals surface area contributed by atoms with Crippen LogP contribution in [0.1, 0.15) is 16.8 Å². The number of rotatable bonds is 8. The van der Waals surface area contributed by atoms with Crippen LogP contribution < -0.4 is 20.5 Å². The highest BCUT2D eigenvalue weighted by Gasteiger charge is 2.27. The molecule has 0 unspecified atom stereocenters. The topological polar surface area (TPSA) is 85.7 Å². The Hall–Kier alpha value is -3.23. The Kier molecular flexibility index (Phi) is 7.59. The lowest BCUT2D eigenvalue weighted by Gasteiger charge is -2.28. The second-order valence-corrected chi connectivity index (χ2v) is 8.63. The number of carbonyl (C=O) groups excluding carboxylic acids is 1. The standard InChI is InChI=1S/C24H24Cl2N4O4/c1-33-30-23(32)20-14-29(22(31)15-34-19-8-6-18(26)7-9-19)13-11-21(20)28-24(30)27-12-10-16-2-4-17(25)5-3-16/h2-9H,10-15H2,1H3,(H,27,28). The van der Waals surface area contributed by atoms with E-state index in [2.05, 4.69) is 10.3 Å². The number of hydrogen-bond acceptors (Lipinski definition) is 6. The summed E-state index contributed by atoms with van der Waals surface area (Å²) in [6.07, 6.45) is 1.19. The Labute approximate surface area is 207 Å². The lowest BCUT2D eigenvalue weighted by molar-refractivity contribution is -0.134. The first-order chi connectivity index (χ1) is 16.4. The molecule has 2 heterocycles. The summed E-state index contributed by atoms with van der Waals surface area (Å²) in [5, 5.41) is 4.45. The van der Waals surface area contributed by atoms with Crippen LogP contribution in [0.2, 0.25) is 10.0 Å². The molecule has 0 atom stereocenters. The van der Waals surface area contributed by atoms with E-state index < -0.39 is 0 Å². The van der Waals surface area contributed by atoms with Crippen molar-refractivity contribution in [1.82, 2.24) is 14.6 Å². The first kappa shape index (κ1) is 23.9. The minimum atomic E-state index is -0.336. The predicted octanol–water partition coefficient (Wildman–Crippen LogP) is 3.23. The van der Waals surface area contributed by atoms with E-state index in [1.54, 1.807) is 29.2 Å². The number of amides is 1. The molecule has 0 aliphatic carbocycles. The average molecular weight is 503 g/mol. The molecule has 0 spiro atoms. The van der Waals surface area contributed by atoms with Gasteiger partial charge >= 0.3 is 0 Å². The minimum Gasteiger partial charge on any atom is -0.484 e. The van der Waals surface area contributed by atoms with Gasteiger partial charge in [-0.05, 0) is 48.4 Å². The molecule has 4 rings (SSSR count). The zero-order valence-corrected chi connectivity index (χ0v) is 20.1. The van der Waals surface area contributed by atoms with Gasteiger partial charge in [0.25, 0.3) is 11.5 Å². The summed E-state index contributed by atoms with van der Waals surface area (Å²) in [4.78, 5) is 37.2. The van der Waals surface area contributed by atoms with Crippen molar-refractivity contribution in [3.8, 4) is 5.75 Å². The largest absolute Gasteiger partial charge is 0.484 e. The van der Waals surface area contributed by atoms with E-state index in [1.165, 1.54) is 7.11 Å².